The molecule has 4 aromatic rings. The van der Waals surface area contributed by atoms with Crippen LogP contribution in [0.4, 0.5) is 0 Å². The molecule has 0 spiro atoms. The van der Waals surface area contributed by atoms with Crippen LogP contribution in [0.5, 0.6) is 0 Å². The van der Waals surface area contributed by atoms with Crippen molar-refractivity contribution in [3.63, 3.8) is 0 Å². The van der Waals surface area contributed by atoms with Gasteiger partial charge in [-0.25, -0.2) is 0 Å². The molecule has 0 saturated heterocycles. The molecule has 0 heterocycles. The molecule has 4 rings (SSSR count). The minimum absolute atomic E-state index is 1.18. The molecule has 0 unspecified atom stereocenters. The van der Waals surface area contributed by atoms with Gasteiger partial charge < -0.3 is 0 Å². The summed E-state index contributed by atoms with van der Waals surface area (Å²) in [5.41, 5.74) is 0. The van der Waals surface area contributed by atoms with Gasteiger partial charge in [-0.2, -0.15) is 0 Å². The van der Waals surface area contributed by atoms with Gasteiger partial charge in [0.05, 0.1) is 0 Å². The molecule has 1 radical (unpaired) electrons. The topological polar surface area (TPSA) is 0 Å². The second-order valence-electron chi connectivity index (χ2n) is 4.58. The third-order valence-electron chi connectivity index (χ3n) is 3.55. The maximum Gasteiger partial charge on any atom is -0.00266 e. The van der Waals surface area contributed by atoms with E-state index in [-0.39, 0.29) is 0 Å². The largest absolute Gasteiger partial charge is 0.0616 e. The van der Waals surface area contributed by atoms with Crippen LogP contribution in [0.3, 0.4) is 0 Å². The highest BCUT2D eigenvalue weighted by Crippen LogP contribution is 2.31. The molecule has 0 aliphatic heterocycles. The Kier molecular flexibility index (Phi) is 1.92. The summed E-state index contributed by atoms with van der Waals surface area (Å²) in [7, 11) is 0. The number of fused-ring (bicyclic) bond motifs is 5. The van der Waals surface area contributed by atoms with E-state index < -0.39 is 0 Å². The second kappa shape index (κ2) is 3.58. The molecule has 0 N–H and O–H groups in total. The molecule has 0 aromatic heterocycles. The van der Waals surface area contributed by atoms with E-state index in [1.807, 2.05) is 6.07 Å². The summed E-state index contributed by atoms with van der Waals surface area (Å²) >= 11 is 0. The monoisotopic (exact) mass is 227 g/mol. The average molecular weight is 227 g/mol. The zero-order valence-corrected chi connectivity index (χ0v) is 9.85. The summed E-state index contributed by atoms with van der Waals surface area (Å²) in [6.45, 7) is 0. The van der Waals surface area contributed by atoms with E-state index in [0.717, 1.165) is 0 Å². The van der Waals surface area contributed by atoms with E-state index in [9.17, 15) is 0 Å². The van der Waals surface area contributed by atoms with Crippen LogP contribution in [0.2, 0.25) is 0 Å². The van der Waals surface area contributed by atoms with Gasteiger partial charge >= 0.3 is 0 Å². The van der Waals surface area contributed by atoms with Gasteiger partial charge in [0, 0.05) is 0 Å². The van der Waals surface area contributed by atoms with Gasteiger partial charge in [-0.15, -0.1) is 0 Å². The van der Waals surface area contributed by atoms with Crippen molar-refractivity contribution in [3.05, 3.63) is 72.8 Å². The Morgan fingerprint density at radius 1 is 0.611 bits per heavy atom. The quantitative estimate of drug-likeness (QED) is 0.373. The summed E-state index contributed by atoms with van der Waals surface area (Å²) in [5.74, 6) is 0. The van der Waals surface area contributed by atoms with Crippen molar-refractivity contribution < 1.29 is 0 Å². The predicted molar refractivity (Wildman–Crippen MR) is 77.8 cm³/mol. The Labute approximate surface area is 105 Å². The average Bonchev–Trinajstić information content (AvgIpc) is 2.46. The predicted octanol–water partition coefficient (Wildman–Crippen LogP) is 4.95. The molecule has 0 bridgehead atoms. The molecule has 0 nitrogen and oxygen atoms in total. The molecule has 18 heavy (non-hydrogen) atoms. The van der Waals surface area contributed by atoms with Gasteiger partial charge in [-0.3, -0.25) is 0 Å². The lowest BCUT2D eigenvalue weighted by Gasteiger charge is -2.07. The van der Waals surface area contributed by atoms with E-state index in [1.54, 1.807) is 0 Å². The Morgan fingerprint density at radius 2 is 1.39 bits per heavy atom. The zero-order valence-electron chi connectivity index (χ0n) is 9.85. The number of benzene rings is 4. The molecular weight excluding hydrogens is 216 g/mol. The minimum Gasteiger partial charge on any atom is -0.0616 e. The fourth-order valence-electron chi connectivity index (χ4n) is 2.71. The summed E-state index contributed by atoms with van der Waals surface area (Å²) in [6, 6.07) is 26.8. The van der Waals surface area contributed by atoms with Crippen molar-refractivity contribution in [1.29, 1.82) is 0 Å². The van der Waals surface area contributed by atoms with Crippen LogP contribution in [0.15, 0.2) is 66.7 Å². The highest BCUT2D eigenvalue weighted by molar-refractivity contribution is 6.19. The molecule has 0 fully saturated rings. The first kappa shape index (κ1) is 9.67. The standard InChI is InChI=1S/C18H11/c1-3-7-16-13(5-1)9-11-15-12-10-14-6-2-4-8-17(14)18(15)16/h1-5,7-12H. The molecule has 0 aliphatic rings. The Hall–Kier alpha value is -2.34. The molecule has 4 aromatic carbocycles. The van der Waals surface area contributed by atoms with Crippen molar-refractivity contribution in [2.75, 3.05) is 0 Å². The highest BCUT2D eigenvalue weighted by atomic mass is 14.1. The lowest BCUT2D eigenvalue weighted by Crippen LogP contribution is -1.80. The molecule has 0 heteroatoms. The van der Waals surface area contributed by atoms with Gasteiger partial charge in [0.25, 0.3) is 0 Å². The summed E-state index contributed by atoms with van der Waals surface area (Å²) in [5, 5.41) is 7.71. The SMILES string of the molecule is [c]1cccc2c1ccc1ccc3ccccc3c12. The van der Waals surface area contributed by atoms with E-state index >= 15 is 0 Å². The van der Waals surface area contributed by atoms with Gasteiger partial charge in [0.2, 0.25) is 0 Å². The van der Waals surface area contributed by atoms with E-state index in [1.165, 1.54) is 32.3 Å². The van der Waals surface area contributed by atoms with Gasteiger partial charge in [-0.1, -0.05) is 66.7 Å². The summed E-state index contributed by atoms with van der Waals surface area (Å²) < 4.78 is 0. The van der Waals surface area contributed by atoms with Crippen molar-refractivity contribution in [2.45, 2.75) is 0 Å². The fourth-order valence-corrected chi connectivity index (χ4v) is 2.71. The lowest BCUT2D eigenvalue weighted by atomic mass is 9.97. The van der Waals surface area contributed by atoms with Crippen LogP contribution in [0.25, 0.3) is 32.3 Å². The second-order valence-corrected chi connectivity index (χ2v) is 4.58. The van der Waals surface area contributed by atoms with E-state index in [0.29, 0.717) is 0 Å². The van der Waals surface area contributed by atoms with Crippen molar-refractivity contribution in [3.8, 4) is 0 Å². The zero-order chi connectivity index (χ0) is 11.9. The van der Waals surface area contributed by atoms with Crippen molar-refractivity contribution >= 4 is 32.3 Å². The third-order valence-corrected chi connectivity index (χ3v) is 3.55. The molecule has 0 amide bonds. The van der Waals surface area contributed by atoms with Crippen LogP contribution in [-0.2, 0) is 0 Å². The fraction of sp³-hybridized carbons (Fsp3) is 0. The Morgan fingerprint density at radius 3 is 2.39 bits per heavy atom. The third kappa shape index (κ3) is 1.26. The van der Waals surface area contributed by atoms with Crippen LogP contribution in [-0.4, -0.2) is 0 Å². The Bertz CT molecular complexity index is 802. The first-order valence-electron chi connectivity index (χ1n) is 6.14. The minimum atomic E-state index is 1.18. The number of rotatable bonds is 0. The van der Waals surface area contributed by atoms with Crippen molar-refractivity contribution in [1.82, 2.24) is 0 Å². The van der Waals surface area contributed by atoms with Gasteiger partial charge in [0.1, 0.15) is 0 Å². The van der Waals surface area contributed by atoms with E-state index in [4.69, 9.17) is 0 Å². The molecule has 0 aliphatic carbocycles. The van der Waals surface area contributed by atoms with E-state index in [2.05, 4.69) is 66.7 Å². The summed E-state index contributed by atoms with van der Waals surface area (Å²) in [6.07, 6.45) is 0. The molecular formula is C18H11. The van der Waals surface area contributed by atoms with Gasteiger partial charge in [-0.05, 0) is 38.4 Å². The molecule has 0 saturated carbocycles. The molecule has 83 valence electrons. The normalized spacial score (nSPS) is 11.3. The number of hydrogen-bond acceptors (Lipinski definition) is 0. The van der Waals surface area contributed by atoms with Gasteiger partial charge in [0.15, 0.2) is 0 Å². The Balaban J connectivity index is 2.38. The number of hydrogen-bond donors (Lipinski definition) is 0. The first-order valence-corrected chi connectivity index (χ1v) is 6.14. The maximum absolute atomic E-state index is 3.31. The maximum atomic E-state index is 3.31. The lowest BCUT2D eigenvalue weighted by molar-refractivity contribution is 1.76. The first-order chi connectivity index (χ1) is 8.93. The smallest absolute Gasteiger partial charge is 0.00266 e. The molecule has 0 atom stereocenters. The van der Waals surface area contributed by atoms with Crippen LogP contribution in [0.1, 0.15) is 0 Å². The van der Waals surface area contributed by atoms with Crippen LogP contribution >= 0.6 is 0 Å². The summed E-state index contributed by atoms with van der Waals surface area (Å²) in [4.78, 5) is 0. The highest BCUT2D eigenvalue weighted by Gasteiger charge is 2.04. The van der Waals surface area contributed by atoms with Crippen LogP contribution in [0, 0.1) is 6.07 Å². The van der Waals surface area contributed by atoms with Crippen LogP contribution < -0.4 is 0 Å². The van der Waals surface area contributed by atoms with Crippen molar-refractivity contribution in [2.24, 2.45) is 0 Å².